The van der Waals surface area contributed by atoms with Crippen molar-refractivity contribution in [2.75, 3.05) is 0 Å². The van der Waals surface area contributed by atoms with E-state index < -0.39 is 10.9 Å². The fourth-order valence-corrected chi connectivity index (χ4v) is 2.15. The molecule has 1 aromatic carbocycles. The molecule has 0 bridgehead atoms. The highest BCUT2D eigenvalue weighted by atomic mass is 32.2. The van der Waals surface area contributed by atoms with E-state index in [1.807, 2.05) is 0 Å². The third-order valence-corrected chi connectivity index (χ3v) is 3.16. The van der Waals surface area contributed by atoms with Crippen molar-refractivity contribution in [2.24, 2.45) is 0 Å². The second-order valence-corrected chi connectivity index (χ2v) is 4.61. The topological polar surface area (TPSA) is 93.3 Å². The van der Waals surface area contributed by atoms with Crippen molar-refractivity contribution < 1.29 is 14.8 Å². The summed E-state index contributed by atoms with van der Waals surface area (Å²) in [6.45, 7) is 0. The molecule has 0 saturated heterocycles. The Bertz CT molecular complexity index is 628. The summed E-state index contributed by atoms with van der Waals surface area (Å²) in [4.78, 5) is 25.5. The van der Waals surface area contributed by atoms with Crippen LogP contribution in [-0.2, 0) is 0 Å². The van der Waals surface area contributed by atoms with Crippen LogP contribution in [0.1, 0.15) is 10.5 Å². The van der Waals surface area contributed by atoms with Crippen molar-refractivity contribution in [1.29, 1.82) is 0 Å². The number of rotatable bonds is 4. The second kappa shape index (κ2) is 5.49. The number of hydrogen-bond acceptors (Lipinski definition) is 5. The molecule has 0 aliphatic rings. The van der Waals surface area contributed by atoms with Crippen molar-refractivity contribution in [2.45, 2.75) is 9.92 Å². The average Bonchev–Trinajstić information content (AvgIpc) is 2.39. The average molecular weight is 276 g/mol. The fraction of sp³-hybridized carbons (Fsp3) is 0. The molecule has 0 amide bonds. The number of carboxylic acid groups (broad SMARTS) is 1. The smallest absolute Gasteiger partial charge is 0.354 e. The van der Waals surface area contributed by atoms with E-state index in [0.717, 1.165) is 4.90 Å². The molecule has 2 rings (SSSR count). The highest BCUT2D eigenvalue weighted by Crippen LogP contribution is 2.27. The largest absolute Gasteiger partial charge is 0.477 e. The second-order valence-electron chi connectivity index (χ2n) is 3.52. The first-order chi connectivity index (χ1) is 9.06. The molecule has 1 aromatic heterocycles. The minimum absolute atomic E-state index is 0.0107. The maximum absolute atomic E-state index is 10.8. The van der Waals surface area contributed by atoms with E-state index >= 15 is 0 Å². The van der Waals surface area contributed by atoms with Crippen LogP contribution in [0, 0.1) is 10.1 Å². The number of benzene rings is 1. The summed E-state index contributed by atoms with van der Waals surface area (Å²) in [6, 6.07) is 10.7. The van der Waals surface area contributed by atoms with Gasteiger partial charge < -0.3 is 5.11 Å². The van der Waals surface area contributed by atoms with Gasteiger partial charge in [-0.2, -0.15) is 0 Å². The Kier molecular flexibility index (Phi) is 3.76. The molecule has 6 nitrogen and oxygen atoms in total. The summed E-state index contributed by atoms with van der Waals surface area (Å²) in [5.74, 6) is -1.09. The van der Waals surface area contributed by atoms with Crippen LogP contribution in [0.3, 0.4) is 0 Å². The molecule has 0 radical (unpaired) electrons. The summed E-state index contributed by atoms with van der Waals surface area (Å²) < 4.78 is 0. The Morgan fingerprint density at radius 2 is 1.89 bits per heavy atom. The van der Waals surface area contributed by atoms with Gasteiger partial charge in [0.1, 0.15) is 10.7 Å². The zero-order valence-electron chi connectivity index (χ0n) is 9.52. The summed E-state index contributed by atoms with van der Waals surface area (Å²) in [7, 11) is 0. The van der Waals surface area contributed by atoms with Crippen LogP contribution in [0.15, 0.2) is 52.4 Å². The van der Waals surface area contributed by atoms with E-state index in [-0.39, 0.29) is 11.4 Å². The molecule has 96 valence electrons. The minimum atomic E-state index is -1.09. The summed E-state index contributed by atoms with van der Waals surface area (Å²) in [6.07, 6.45) is 0. The highest BCUT2D eigenvalue weighted by Gasteiger charge is 2.08. The molecule has 0 atom stereocenters. The number of aromatic carboxylic acids is 1. The lowest BCUT2D eigenvalue weighted by atomic mass is 10.3. The van der Waals surface area contributed by atoms with Gasteiger partial charge in [0, 0.05) is 17.0 Å². The molecule has 0 aliphatic heterocycles. The molecule has 7 heteroatoms. The lowest BCUT2D eigenvalue weighted by molar-refractivity contribution is -0.384. The Hall–Kier alpha value is -2.41. The Morgan fingerprint density at radius 1 is 1.21 bits per heavy atom. The van der Waals surface area contributed by atoms with E-state index in [1.165, 1.54) is 30.0 Å². The molecule has 2 aromatic rings. The van der Waals surface area contributed by atoms with Crippen molar-refractivity contribution >= 4 is 23.4 Å². The first-order valence-electron chi connectivity index (χ1n) is 5.19. The molecule has 0 fully saturated rings. The van der Waals surface area contributed by atoms with Crippen molar-refractivity contribution in [1.82, 2.24) is 4.98 Å². The standard InChI is InChI=1S/C12H8N2O4S/c15-12(16)10-2-1-3-11(13-10)19-9-6-4-8(5-7-9)14(17)18/h1-7H,(H,15,16). The van der Waals surface area contributed by atoms with Gasteiger partial charge in [0.15, 0.2) is 0 Å². The predicted octanol–water partition coefficient (Wildman–Crippen LogP) is 2.84. The summed E-state index contributed by atoms with van der Waals surface area (Å²) >= 11 is 1.24. The summed E-state index contributed by atoms with van der Waals surface area (Å²) in [5.41, 5.74) is -0.0245. The number of nitrogens with zero attached hydrogens (tertiary/aromatic N) is 2. The molecule has 0 unspecified atom stereocenters. The van der Waals surface area contributed by atoms with Gasteiger partial charge in [0.05, 0.1) is 4.92 Å². The molecule has 1 heterocycles. The molecule has 1 N–H and O–H groups in total. The van der Waals surface area contributed by atoms with Gasteiger partial charge in [-0.1, -0.05) is 17.8 Å². The van der Waals surface area contributed by atoms with Gasteiger partial charge in [-0.05, 0) is 24.3 Å². The minimum Gasteiger partial charge on any atom is -0.477 e. The van der Waals surface area contributed by atoms with E-state index in [2.05, 4.69) is 4.98 Å². The van der Waals surface area contributed by atoms with Crippen molar-refractivity contribution in [3.8, 4) is 0 Å². The number of carboxylic acids is 1. The SMILES string of the molecule is O=C(O)c1cccc(Sc2ccc([N+](=O)[O-])cc2)n1. The number of aromatic nitrogens is 1. The van der Waals surface area contributed by atoms with Gasteiger partial charge in [-0.3, -0.25) is 10.1 Å². The predicted molar refractivity (Wildman–Crippen MR) is 68.4 cm³/mol. The molecular formula is C12H8N2O4S. The summed E-state index contributed by atoms with van der Waals surface area (Å²) in [5, 5.41) is 19.9. The van der Waals surface area contributed by atoms with Crippen molar-refractivity contribution in [3.63, 3.8) is 0 Å². The van der Waals surface area contributed by atoms with Gasteiger partial charge in [-0.15, -0.1) is 0 Å². The van der Waals surface area contributed by atoms with Crippen LogP contribution in [0.25, 0.3) is 0 Å². The quantitative estimate of drug-likeness (QED) is 0.681. The van der Waals surface area contributed by atoms with Crippen LogP contribution < -0.4 is 0 Å². The highest BCUT2D eigenvalue weighted by molar-refractivity contribution is 7.99. The third-order valence-electron chi connectivity index (χ3n) is 2.21. The van der Waals surface area contributed by atoms with E-state index in [4.69, 9.17) is 5.11 Å². The van der Waals surface area contributed by atoms with Gasteiger partial charge in [0.25, 0.3) is 5.69 Å². The Morgan fingerprint density at radius 3 is 2.47 bits per heavy atom. The zero-order valence-corrected chi connectivity index (χ0v) is 10.3. The first kappa shape index (κ1) is 13.0. The van der Waals surface area contributed by atoms with E-state index in [9.17, 15) is 14.9 Å². The van der Waals surface area contributed by atoms with E-state index in [1.54, 1.807) is 24.3 Å². The lowest BCUT2D eigenvalue weighted by Crippen LogP contribution is -1.99. The molecule has 19 heavy (non-hydrogen) atoms. The number of non-ortho nitro benzene ring substituents is 1. The van der Waals surface area contributed by atoms with Crippen molar-refractivity contribution in [3.05, 3.63) is 58.3 Å². The van der Waals surface area contributed by atoms with Crippen LogP contribution >= 0.6 is 11.8 Å². The maximum Gasteiger partial charge on any atom is 0.354 e. The Labute approximate surface area is 112 Å². The molecule has 0 saturated carbocycles. The molecule has 0 aliphatic carbocycles. The first-order valence-corrected chi connectivity index (χ1v) is 6.00. The fourth-order valence-electron chi connectivity index (χ4n) is 1.35. The number of hydrogen-bond donors (Lipinski definition) is 1. The number of pyridine rings is 1. The van der Waals surface area contributed by atoms with Crippen LogP contribution in [-0.4, -0.2) is 21.0 Å². The normalized spacial score (nSPS) is 10.1. The van der Waals surface area contributed by atoms with Crippen LogP contribution in [0.5, 0.6) is 0 Å². The van der Waals surface area contributed by atoms with Gasteiger partial charge in [-0.25, -0.2) is 9.78 Å². The van der Waals surface area contributed by atoms with Gasteiger partial charge >= 0.3 is 5.97 Å². The number of nitro benzene ring substituents is 1. The zero-order chi connectivity index (χ0) is 13.8. The van der Waals surface area contributed by atoms with Crippen LogP contribution in [0.2, 0.25) is 0 Å². The molecule has 0 spiro atoms. The molecular weight excluding hydrogens is 268 g/mol. The lowest BCUT2D eigenvalue weighted by Gasteiger charge is -2.01. The van der Waals surface area contributed by atoms with Crippen LogP contribution in [0.4, 0.5) is 5.69 Å². The maximum atomic E-state index is 10.8. The third kappa shape index (κ3) is 3.29. The number of carbonyl (C=O) groups is 1. The monoisotopic (exact) mass is 276 g/mol. The number of nitro groups is 1. The van der Waals surface area contributed by atoms with E-state index in [0.29, 0.717) is 5.03 Å². The Balaban J connectivity index is 2.19. The van der Waals surface area contributed by atoms with Gasteiger partial charge in [0.2, 0.25) is 0 Å².